The maximum absolute atomic E-state index is 5.95. The monoisotopic (exact) mass is 237 g/mol. The number of nitrogens with two attached hydrogens (primary N) is 1. The fourth-order valence-electron chi connectivity index (χ4n) is 1.82. The van der Waals surface area contributed by atoms with E-state index in [0.717, 1.165) is 24.1 Å². The van der Waals surface area contributed by atoms with E-state index in [2.05, 4.69) is 23.3 Å². The molecule has 0 radical (unpaired) electrons. The van der Waals surface area contributed by atoms with Crippen LogP contribution in [0, 0.1) is 6.92 Å². The fourth-order valence-corrected chi connectivity index (χ4v) is 1.82. The highest BCUT2D eigenvalue weighted by Crippen LogP contribution is 2.24. The van der Waals surface area contributed by atoms with Gasteiger partial charge in [0.1, 0.15) is 5.82 Å². The Kier molecular flexibility index (Phi) is 5.38. The highest BCUT2D eigenvalue weighted by molar-refractivity contribution is 5.43. The highest BCUT2D eigenvalue weighted by Gasteiger charge is 2.21. The van der Waals surface area contributed by atoms with E-state index in [1.807, 2.05) is 13.8 Å². The van der Waals surface area contributed by atoms with Crippen LogP contribution in [-0.4, -0.2) is 24.7 Å². The van der Waals surface area contributed by atoms with Crippen molar-refractivity contribution in [2.45, 2.75) is 39.3 Å². The summed E-state index contributed by atoms with van der Waals surface area (Å²) in [6.07, 6.45) is 2.92. The lowest BCUT2D eigenvalue weighted by Gasteiger charge is -2.25. The maximum atomic E-state index is 5.95. The van der Waals surface area contributed by atoms with Crippen molar-refractivity contribution in [1.82, 2.24) is 10.3 Å². The Morgan fingerprint density at radius 3 is 2.82 bits per heavy atom. The molecule has 0 aliphatic rings. The Morgan fingerprint density at radius 1 is 1.53 bits per heavy atom. The Bertz CT molecular complexity index is 355. The summed E-state index contributed by atoms with van der Waals surface area (Å²) in [4.78, 5) is 4.21. The molecule has 17 heavy (non-hydrogen) atoms. The van der Waals surface area contributed by atoms with Crippen molar-refractivity contribution >= 4 is 5.82 Å². The molecule has 3 N–H and O–H groups in total. The molecule has 2 atom stereocenters. The number of ether oxygens (including phenoxy) is 1. The summed E-state index contributed by atoms with van der Waals surface area (Å²) < 4.78 is 5.41. The van der Waals surface area contributed by atoms with Gasteiger partial charge < -0.3 is 15.8 Å². The third kappa shape index (κ3) is 3.68. The number of aryl methyl sites for hydroxylation is 1. The predicted octanol–water partition coefficient (Wildman–Crippen LogP) is 2.05. The first-order chi connectivity index (χ1) is 8.10. The first kappa shape index (κ1) is 13.9. The van der Waals surface area contributed by atoms with Crippen molar-refractivity contribution < 1.29 is 4.74 Å². The van der Waals surface area contributed by atoms with Gasteiger partial charge in [0.15, 0.2) is 0 Å². The van der Waals surface area contributed by atoms with Crippen LogP contribution in [0.15, 0.2) is 12.3 Å². The Morgan fingerprint density at radius 2 is 2.24 bits per heavy atom. The number of rotatable bonds is 6. The van der Waals surface area contributed by atoms with Crippen LogP contribution >= 0.6 is 0 Å². The van der Waals surface area contributed by atoms with E-state index >= 15 is 0 Å². The molecule has 0 aromatic carbocycles. The van der Waals surface area contributed by atoms with Crippen molar-refractivity contribution in [2.75, 3.05) is 19.4 Å². The van der Waals surface area contributed by atoms with E-state index < -0.39 is 0 Å². The molecule has 96 valence electrons. The fraction of sp³-hybridized carbons (Fsp3) is 0.615. The van der Waals surface area contributed by atoms with Crippen LogP contribution in [0.4, 0.5) is 5.82 Å². The molecule has 0 spiro atoms. The maximum Gasteiger partial charge on any atom is 0.128 e. The van der Waals surface area contributed by atoms with Gasteiger partial charge in [0.2, 0.25) is 0 Å². The van der Waals surface area contributed by atoms with Crippen molar-refractivity contribution in [3.05, 3.63) is 23.4 Å². The summed E-state index contributed by atoms with van der Waals surface area (Å²) in [7, 11) is 1.71. The van der Waals surface area contributed by atoms with Gasteiger partial charge in [-0.2, -0.15) is 0 Å². The summed E-state index contributed by atoms with van der Waals surface area (Å²) in [5, 5.41) is 3.46. The Labute approximate surface area is 104 Å². The number of nitrogens with zero attached hydrogens (tertiary/aromatic N) is 1. The third-order valence-electron chi connectivity index (χ3n) is 2.88. The van der Waals surface area contributed by atoms with Crippen molar-refractivity contribution in [2.24, 2.45) is 0 Å². The van der Waals surface area contributed by atoms with E-state index in [4.69, 9.17) is 10.5 Å². The van der Waals surface area contributed by atoms with Crippen LogP contribution in [0.3, 0.4) is 0 Å². The topological polar surface area (TPSA) is 60.2 Å². The number of nitrogens with one attached hydrogen (secondary N) is 1. The molecular formula is C13H23N3O. The number of nitrogen functional groups attached to an aromatic ring is 1. The second-order valence-corrected chi connectivity index (χ2v) is 4.36. The van der Waals surface area contributed by atoms with E-state index in [9.17, 15) is 0 Å². The molecule has 0 amide bonds. The number of anilines is 1. The van der Waals surface area contributed by atoms with Crippen molar-refractivity contribution in [3.8, 4) is 0 Å². The van der Waals surface area contributed by atoms with E-state index in [0.29, 0.717) is 5.82 Å². The summed E-state index contributed by atoms with van der Waals surface area (Å²) >= 11 is 0. The molecular weight excluding hydrogens is 214 g/mol. The number of aromatic nitrogens is 1. The standard InChI is InChI=1S/C13H23N3O/c1-5-6-15-12(10(3)17-4)11-7-9(2)8-16-13(11)14/h7-8,10,12,15H,5-6H2,1-4H3,(H2,14,16). The van der Waals surface area contributed by atoms with Gasteiger partial charge >= 0.3 is 0 Å². The minimum Gasteiger partial charge on any atom is -0.383 e. The van der Waals surface area contributed by atoms with Crippen molar-refractivity contribution in [3.63, 3.8) is 0 Å². The minimum atomic E-state index is 0.0625. The normalized spacial score (nSPS) is 14.6. The van der Waals surface area contributed by atoms with Crippen LogP contribution in [0.1, 0.15) is 37.4 Å². The highest BCUT2D eigenvalue weighted by atomic mass is 16.5. The van der Waals surface area contributed by atoms with Crippen LogP contribution < -0.4 is 11.1 Å². The molecule has 2 unspecified atom stereocenters. The van der Waals surface area contributed by atoms with Gasteiger partial charge in [-0.05, 0) is 38.4 Å². The molecule has 0 aliphatic carbocycles. The first-order valence-corrected chi connectivity index (χ1v) is 6.08. The molecule has 0 saturated heterocycles. The van der Waals surface area contributed by atoms with E-state index in [1.165, 1.54) is 0 Å². The zero-order chi connectivity index (χ0) is 12.8. The minimum absolute atomic E-state index is 0.0625. The van der Waals surface area contributed by atoms with Crippen LogP contribution in [0.5, 0.6) is 0 Å². The predicted molar refractivity (Wildman–Crippen MR) is 70.9 cm³/mol. The molecule has 1 rings (SSSR count). The zero-order valence-corrected chi connectivity index (χ0v) is 11.2. The molecule has 0 aliphatic heterocycles. The molecule has 0 bridgehead atoms. The largest absolute Gasteiger partial charge is 0.383 e. The molecule has 1 aromatic rings. The van der Waals surface area contributed by atoms with Gasteiger partial charge in [-0.1, -0.05) is 6.92 Å². The lowest BCUT2D eigenvalue weighted by atomic mass is 10.0. The molecule has 0 fully saturated rings. The van der Waals surface area contributed by atoms with Gasteiger partial charge in [0.25, 0.3) is 0 Å². The smallest absolute Gasteiger partial charge is 0.128 e. The van der Waals surface area contributed by atoms with Gasteiger partial charge in [-0.25, -0.2) is 4.98 Å². The van der Waals surface area contributed by atoms with E-state index in [-0.39, 0.29) is 12.1 Å². The third-order valence-corrected chi connectivity index (χ3v) is 2.88. The van der Waals surface area contributed by atoms with Gasteiger partial charge in [0.05, 0.1) is 12.1 Å². The van der Waals surface area contributed by atoms with Crippen LogP contribution in [0.25, 0.3) is 0 Å². The number of hydrogen-bond donors (Lipinski definition) is 2. The molecule has 4 heteroatoms. The second kappa shape index (κ2) is 6.57. The Hall–Kier alpha value is -1.13. The summed E-state index contributed by atoms with van der Waals surface area (Å²) in [6.45, 7) is 7.13. The van der Waals surface area contributed by atoms with Crippen LogP contribution in [-0.2, 0) is 4.74 Å². The lowest BCUT2D eigenvalue weighted by molar-refractivity contribution is 0.0831. The lowest BCUT2D eigenvalue weighted by Crippen LogP contribution is -2.32. The Balaban J connectivity index is 2.98. The second-order valence-electron chi connectivity index (χ2n) is 4.36. The molecule has 4 nitrogen and oxygen atoms in total. The summed E-state index contributed by atoms with van der Waals surface area (Å²) in [5.41, 5.74) is 8.08. The van der Waals surface area contributed by atoms with Crippen molar-refractivity contribution in [1.29, 1.82) is 0 Å². The average molecular weight is 237 g/mol. The first-order valence-electron chi connectivity index (χ1n) is 6.08. The summed E-state index contributed by atoms with van der Waals surface area (Å²) in [5.74, 6) is 0.577. The van der Waals surface area contributed by atoms with Gasteiger partial charge in [-0.15, -0.1) is 0 Å². The molecule has 1 aromatic heterocycles. The number of pyridine rings is 1. The summed E-state index contributed by atoms with van der Waals surface area (Å²) in [6, 6.07) is 2.16. The van der Waals surface area contributed by atoms with E-state index in [1.54, 1.807) is 13.3 Å². The van der Waals surface area contributed by atoms with Gasteiger partial charge in [0, 0.05) is 18.9 Å². The number of hydrogen-bond acceptors (Lipinski definition) is 4. The molecule has 0 saturated carbocycles. The quantitative estimate of drug-likeness (QED) is 0.795. The SMILES string of the molecule is CCCNC(c1cc(C)cnc1N)C(C)OC. The zero-order valence-electron chi connectivity index (χ0n) is 11.2. The van der Waals surface area contributed by atoms with Crippen LogP contribution in [0.2, 0.25) is 0 Å². The number of methoxy groups -OCH3 is 1. The average Bonchev–Trinajstić information content (AvgIpc) is 2.33. The molecule has 1 heterocycles. The van der Waals surface area contributed by atoms with Gasteiger partial charge in [-0.3, -0.25) is 0 Å².